The lowest BCUT2D eigenvalue weighted by atomic mass is 10.1. The molecule has 0 fully saturated rings. The molecule has 0 aliphatic heterocycles. The van der Waals surface area contributed by atoms with Gasteiger partial charge in [-0.25, -0.2) is 9.18 Å². The van der Waals surface area contributed by atoms with E-state index in [9.17, 15) is 35.5 Å². The maximum absolute atomic E-state index is 13.7. The average molecular weight is 396 g/mol. The van der Waals surface area contributed by atoms with Crippen LogP contribution in [0, 0.1) is 5.82 Å². The number of hydrogen-bond acceptors (Lipinski definition) is 2. The van der Waals surface area contributed by atoms with Gasteiger partial charge in [0, 0.05) is 12.1 Å². The van der Waals surface area contributed by atoms with Crippen LogP contribution in [0.15, 0.2) is 42.5 Å². The highest BCUT2D eigenvalue weighted by Crippen LogP contribution is 2.31. The molecule has 0 spiro atoms. The fourth-order valence-corrected chi connectivity index (χ4v) is 1.99. The third kappa shape index (κ3) is 6.04. The minimum Gasteiger partial charge on any atom is -0.404 e. The molecular formula is C16H11F7N2O2. The number of alkyl halides is 6. The number of carbonyl (C=O) groups excluding carboxylic acids is 1. The molecule has 0 aliphatic rings. The molecule has 146 valence electrons. The van der Waals surface area contributed by atoms with E-state index in [1.807, 2.05) is 0 Å². The summed E-state index contributed by atoms with van der Waals surface area (Å²) in [5.41, 5.74) is -1.73. The van der Waals surface area contributed by atoms with E-state index in [0.29, 0.717) is 6.07 Å². The van der Waals surface area contributed by atoms with Crippen LogP contribution < -0.4 is 15.4 Å². The van der Waals surface area contributed by atoms with Gasteiger partial charge in [-0.2, -0.15) is 13.2 Å². The van der Waals surface area contributed by atoms with Crippen LogP contribution in [0.5, 0.6) is 5.75 Å². The predicted molar refractivity (Wildman–Crippen MR) is 80.4 cm³/mol. The van der Waals surface area contributed by atoms with Crippen molar-refractivity contribution in [1.82, 2.24) is 5.32 Å². The molecule has 0 radical (unpaired) electrons. The van der Waals surface area contributed by atoms with Crippen molar-refractivity contribution in [2.45, 2.75) is 19.1 Å². The monoisotopic (exact) mass is 396 g/mol. The topological polar surface area (TPSA) is 50.4 Å². The Hall–Kier alpha value is -2.98. The van der Waals surface area contributed by atoms with Crippen LogP contribution in [0.2, 0.25) is 0 Å². The van der Waals surface area contributed by atoms with Crippen LogP contribution in [-0.4, -0.2) is 12.4 Å². The van der Waals surface area contributed by atoms with E-state index in [1.165, 1.54) is 12.1 Å². The summed E-state index contributed by atoms with van der Waals surface area (Å²) in [6.07, 6.45) is -9.69. The molecule has 2 rings (SSSR count). The number of carbonyl (C=O) groups is 1. The summed E-state index contributed by atoms with van der Waals surface area (Å²) in [7, 11) is 0. The first-order chi connectivity index (χ1) is 12.5. The lowest BCUT2D eigenvalue weighted by Gasteiger charge is -2.14. The van der Waals surface area contributed by atoms with Crippen molar-refractivity contribution in [1.29, 1.82) is 0 Å². The smallest absolute Gasteiger partial charge is 0.404 e. The zero-order chi connectivity index (χ0) is 20.2. The third-order valence-corrected chi connectivity index (χ3v) is 3.18. The van der Waals surface area contributed by atoms with Gasteiger partial charge < -0.3 is 15.4 Å². The zero-order valence-electron chi connectivity index (χ0n) is 13.2. The van der Waals surface area contributed by atoms with Gasteiger partial charge in [-0.3, -0.25) is 0 Å². The van der Waals surface area contributed by atoms with E-state index in [0.717, 1.165) is 18.2 Å². The lowest BCUT2D eigenvalue weighted by molar-refractivity contribution is -0.274. The van der Waals surface area contributed by atoms with E-state index >= 15 is 0 Å². The third-order valence-electron chi connectivity index (χ3n) is 3.18. The second-order valence-corrected chi connectivity index (χ2v) is 5.16. The van der Waals surface area contributed by atoms with Gasteiger partial charge in [0.05, 0.1) is 11.3 Å². The number of halogens is 7. The van der Waals surface area contributed by atoms with Crippen LogP contribution in [-0.2, 0) is 12.7 Å². The molecule has 11 heteroatoms. The summed E-state index contributed by atoms with van der Waals surface area (Å²) in [5.74, 6) is -1.85. The van der Waals surface area contributed by atoms with Crippen molar-refractivity contribution in [2.24, 2.45) is 0 Å². The van der Waals surface area contributed by atoms with Gasteiger partial charge in [0.1, 0.15) is 5.82 Å². The standard InChI is InChI=1S/C16H11F7N2O2/c17-11-7-10(15(18,19)20)6-5-9(11)8-24-14(26)25-12-3-1-2-4-13(12)27-16(21,22)23/h1-7H,8H2,(H2,24,25,26). The van der Waals surface area contributed by atoms with Gasteiger partial charge in [-0.05, 0) is 24.3 Å². The Morgan fingerprint density at radius 2 is 1.67 bits per heavy atom. The van der Waals surface area contributed by atoms with E-state index < -0.39 is 42.2 Å². The Labute approximate surface area is 147 Å². The quantitative estimate of drug-likeness (QED) is 0.710. The fraction of sp³-hybridized carbons (Fsp3) is 0.188. The number of rotatable bonds is 4. The Morgan fingerprint density at radius 3 is 2.26 bits per heavy atom. The molecular weight excluding hydrogens is 385 g/mol. The van der Waals surface area contributed by atoms with Crippen LogP contribution in [0.4, 0.5) is 41.2 Å². The molecule has 2 aromatic rings. The first kappa shape index (κ1) is 20.3. The molecule has 0 bridgehead atoms. The van der Waals surface area contributed by atoms with Crippen LogP contribution in [0.3, 0.4) is 0 Å². The van der Waals surface area contributed by atoms with Crippen LogP contribution in [0.25, 0.3) is 0 Å². The molecule has 27 heavy (non-hydrogen) atoms. The average Bonchev–Trinajstić information content (AvgIpc) is 2.53. The molecule has 0 saturated heterocycles. The number of ether oxygens (including phenoxy) is 1. The molecule has 2 N–H and O–H groups in total. The van der Waals surface area contributed by atoms with Crippen molar-refractivity contribution in [3.8, 4) is 5.75 Å². The van der Waals surface area contributed by atoms with E-state index in [-0.39, 0.29) is 17.3 Å². The number of anilines is 1. The molecule has 2 amide bonds. The fourth-order valence-electron chi connectivity index (χ4n) is 1.99. The van der Waals surface area contributed by atoms with Crippen molar-refractivity contribution in [3.05, 3.63) is 59.4 Å². The molecule has 0 heterocycles. The molecule has 0 saturated carbocycles. The van der Waals surface area contributed by atoms with Gasteiger partial charge in [0.15, 0.2) is 5.75 Å². The van der Waals surface area contributed by atoms with Gasteiger partial charge in [0.25, 0.3) is 0 Å². The highest BCUT2D eigenvalue weighted by Gasteiger charge is 2.32. The van der Waals surface area contributed by atoms with Crippen molar-refractivity contribution < 1.29 is 40.3 Å². The zero-order valence-corrected chi connectivity index (χ0v) is 13.2. The summed E-state index contributed by atoms with van der Waals surface area (Å²) >= 11 is 0. The van der Waals surface area contributed by atoms with Gasteiger partial charge in [0.2, 0.25) is 0 Å². The van der Waals surface area contributed by atoms with Gasteiger partial charge >= 0.3 is 18.6 Å². The maximum atomic E-state index is 13.7. The molecule has 0 aliphatic carbocycles. The molecule has 0 aromatic heterocycles. The van der Waals surface area contributed by atoms with E-state index in [2.05, 4.69) is 15.4 Å². The van der Waals surface area contributed by atoms with Crippen molar-refractivity contribution in [2.75, 3.05) is 5.32 Å². The first-order valence-corrected chi connectivity index (χ1v) is 7.21. The summed E-state index contributed by atoms with van der Waals surface area (Å²) in [6, 6.07) is 5.46. The first-order valence-electron chi connectivity index (χ1n) is 7.21. The highest BCUT2D eigenvalue weighted by molar-refractivity contribution is 5.90. The minimum absolute atomic E-state index is 0.238. The van der Waals surface area contributed by atoms with Gasteiger partial charge in [-0.15, -0.1) is 13.2 Å². The van der Waals surface area contributed by atoms with Crippen molar-refractivity contribution >= 4 is 11.7 Å². The normalized spacial score (nSPS) is 11.8. The molecule has 0 atom stereocenters. The summed E-state index contributed by atoms with van der Waals surface area (Å²) in [6.45, 7) is -0.488. The minimum atomic E-state index is -4.97. The number of urea groups is 1. The summed E-state index contributed by atoms with van der Waals surface area (Å²) < 4.78 is 91.8. The number of amides is 2. The molecule has 2 aromatic carbocycles. The second-order valence-electron chi connectivity index (χ2n) is 5.16. The SMILES string of the molecule is O=C(NCc1ccc(C(F)(F)F)cc1F)Nc1ccccc1OC(F)(F)F. The van der Waals surface area contributed by atoms with Crippen LogP contribution in [0.1, 0.15) is 11.1 Å². The number of hydrogen-bond donors (Lipinski definition) is 2. The molecule has 4 nitrogen and oxygen atoms in total. The van der Waals surface area contributed by atoms with E-state index in [1.54, 1.807) is 0 Å². The Bertz CT molecular complexity index is 819. The second kappa shape index (κ2) is 7.72. The van der Waals surface area contributed by atoms with Crippen molar-refractivity contribution in [3.63, 3.8) is 0 Å². The largest absolute Gasteiger partial charge is 0.573 e. The number of para-hydroxylation sites is 2. The maximum Gasteiger partial charge on any atom is 0.573 e. The Morgan fingerprint density at radius 1 is 1.00 bits per heavy atom. The van der Waals surface area contributed by atoms with Crippen LogP contribution >= 0.6 is 0 Å². The Balaban J connectivity index is 2.02. The Kier molecular flexibility index (Phi) is 5.82. The predicted octanol–water partition coefficient (Wildman–Crippen LogP) is 5.06. The summed E-state index contributed by atoms with van der Waals surface area (Å²) in [5, 5.41) is 4.21. The number of benzene rings is 2. The number of nitrogens with one attached hydrogen (secondary N) is 2. The van der Waals surface area contributed by atoms with Gasteiger partial charge in [-0.1, -0.05) is 18.2 Å². The van der Waals surface area contributed by atoms with E-state index in [4.69, 9.17) is 0 Å². The molecule has 0 unspecified atom stereocenters. The summed E-state index contributed by atoms with van der Waals surface area (Å²) in [4.78, 5) is 11.8. The highest BCUT2D eigenvalue weighted by atomic mass is 19.4. The lowest BCUT2D eigenvalue weighted by Crippen LogP contribution is -2.29.